The number of carbonyl (C=O) groups is 1. The van der Waals surface area contributed by atoms with Crippen LogP contribution in [0.3, 0.4) is 0 Å². The molecule has 0 saturated heterocycles. The first-order valence-electron chi connectivity index (χ1n) is 7.22. The Bertz CT molecular complexity index is 715. The van der Waals surface area contributed by atoms with Crippen molar-refractivity contribution in [2.24, 2.45) is 0 Å². The van der Waals surface area contributed by atoms with E-state index in [1.54, 1.807) is 0 Å². The van der Waals surface area contributed by atoms with Crippen LogP contribution in [0, 0.1) is 11.6 Å². The van der Waals surface area contributed by atoms with Gasteiger partial charge in [-0.05, 0) is 18.9 Å². The van der Waals surface area contributed by atoms with Gasteiger partial charge in [0.25, 0.3) is 5.82 Å². The Morgan fingerprint density at radius 3 is 2.87 bits per heavy atom. The molecule has 0 bridgehead atoms. The number of esters is 1. The zero-order chi connectivity index (χ0) is 16.4. The van der Waals surface area contributed by atoms with Crippen LogP contribution in [0.5, 0.6) is 0 Å². The highest BCUT2D eigenvalue weighted by atomic mass is 19.1. The number of benzene rings is 1. The van der Waals surface area contributed by atoms with Gasteiger partial charge in [-0.1, -0.05) is 6.07 Å². The third-order valence-corrected chi connectivity index (χ3v) is 3.68. The number of carbonyl (C=O) groups excluding carboxylic acids is 1. The Kier molecular flexibility index (Phi) is 4.33. The summed E-state index contributed by atoms with van der Waals surface area (Å²) < 4.78 is 32.9. The van der Waals surface area contributed by atoms with Gasteiger partial charge in [-0.15, -0.1) is 5.10 Å². The molecule has 1 heterocycles. The second-order valence-electron chi connectivity index (χ2n) is 5.45. The molecule has 0 spiro atoms. The summed E-state index contributed by atoms with van der Waals surface area (Å²) in [5.41, 5.74) is 0.423. The fourth-order valence-electron chi connectivity index (χ4n) is 2.34. The van der Waals surface area contributed by atoms with Gasteiger partial charge in [-0.3, -0.25) is 4.90 Å². The van der Waals surface area contributed by atoms with Crippen LogP contribution >= 0.6 is 0 Å². The molecule has 1 aliphatic rings. The standard InChI is InChI=1S/C15H16F2N4O2/c1-23-15(22)14-18-8-21(19-14)9-20(12-4-5-12)7-10-2-3-11(16)6-13(10)17/h2-3,6,8,12H,4-5,7,9H2,1H3. The summed E-state index contributed by atoms with van der Waals surface area (Å²) in [5.74, 6) is -1.78. The van der Waals surface area contributed by atoms with Gasteiger partial charge in [0.05, 0.1) is 13.8 Å². The van der Waals surface area contributed by atoms with Gasteiger partial charge in [0.15, 0.2) is 0 Å². The van der Waals surface area contributed by atoms with E-state index in [-0.39, 0.29) is 5.82 Å². The monoisotopic (exact) mass is 322 g/mol. The van der Waals surface area contributed by atoms with Crippen LogP contribution in [0.25, 0.3) is 0 Å². The van der Waals surface area contributed by atoms with E-state index >= 15 is 0 Å². The molecule has 0 unspecified atom stereocenters. The van der Waals surface area contributed by atoms with E-state index < -0.39 is 17.6 Å². The number of hydrogen-bond acceptors (Lipinski definition) is 5. The van der Waals surface area contributed by atoms with Crippen LogP contribution in [-0.4, -0.2) is 38.8 Å². The number of rotatable bonds is 6. The fourth-order valence-corrected chi connectivity index (χ4v) is 2.34. The minimum Gasteiger partial charge on any atom is -0.463 e. The lowest BCUT2D eigenvalue weighted by Crippen LogP contribution is -2.29. The summed E-state index contributed by atoms with van der Waals surface area (Å²) in [7, 11) is 1.26. The van der Waals surface area contributed by atoms with Crippen molar-refractivity contribution in [1.29, 1.82) is 0 Å². The Labute approximate surface area is 131 Å². The van der Waals surface area contributed by atoms with Crippen LogP contribution in [0.15, 0.2) is 24.5 Å². The number of ether oxygens (including phenoxy) is 1. The SMILES string of the molecule is COC(=O)c1ncn(CN(Cc2ccc(F)cc2F)C2CC2)n1. The van der Waals surface area contributed by atoms with E-state index in [0.717, 1.165) is 18.9 Å². The highest BCUT2D eigenvalue weighted by molar-refractivity contribution is 5.84. The molecule has 0 N–H and O–H groups in total. The Morgan fingerprint density at radius 2 is 2.22 bits per heavy atom. The Balaban J connectivity index is 1.72. The molecule has 2 aromatic rings. The molecule has 1 aliphatic carbocycles. The Hall–Kier alpha value is -2.35. The average Bonchev–Trinajstić information content (AvgIpc) is 3.27. The number of aromatic nitrogens is 3. The number of halogens is 2. The van der Waals surface area contributed by atoms with Crippen molar-refractivity contribution >= 4 is 5.97 Å². The molecular formula is C15H16F2N4O2. The van der Waals surface area contributed by atoms with Crippen LogP contribution < -0.4 is 0 Å². The molecule has 1 fully saturated rings. The zero-order valence-electron chi connectivity index (χ0n) is 12.6. The zero-order valence-corrected chi connectivity index (χ0v) is 12.6. The number of hydrogen-bond donors (Lipinski definition) is 0. The van der Waals surface area contributed by atoms with Gasteiger partial charge in [-0.25, -0.2) is 23.2 Å². The van der Waals surface area contributed by atoms with Crippen LogP contribution in [0.2, 0.25) is 0 Å². The lowest BCUT2D eigenvalue weighted by Gasteiger charge is -2.22. The van der Waals surface area contributed by atoms with Crippen LogP contribution in [0.4, 0.5) is 8.78 Å². The second-order valence-corrected chi connectivity index (χ2v) is 5.45. The number of nitrogens with zero attached hydrogens (tertiary/aromatic N) is 4. The van der Waals surface area contributed by atoms with Gasteiger partial charge in [-0.2, -0.15) is 0 Å². The summed E-state index contributed by atoms with van der Waals surface area (Å²) in [6, 6.07) is 3.89. The minimum atomic E-state index is -0.605. The van der Waals surface area contributed by atoms with Gasteiger partial charge >= 0.3 is 5.97 Å². The van der Waals surface area contributed by atoms with Crippen molar-refractivity contribution in [1.82, 2.24) is 19.7 Å². The molecular weight excluding hydrogens is 306 g/mol. The minimum absolute atomic E-state index is 0.0174. The van der Waals surface area contributed by atoms with Gasteiger partial charge in [0.2, 0.25) is 0 Å². The molecule has 1 aromatic heterocycles. The molecule has 1 saturated carbocycles. The first kappa shape index (κ1) is 15.5. The molecule has 0 aliphatic heterocycles. The van der Waals surface area contributed by atoms with Crippen molar-refractivity contribution in [2.75, 3.05) is 7.11 Å². The maximum absolute atomic E-state index is 13.8. The normalized spacial score (nSPS) is 14.3. The lowest BCUT2D eigenvalue weighted by molar-refractivity contribution is 0.0585. The predicted octanol–water partition coefficient (Wildman–Crippen LogP) is 1.97. The van der Waals surface area contributed by atoms with Crippen molar-refractivity contribution in [3.05, 3.63) is 47.5 Å². The summed E-state index contributed by atoms with van der Waals surface area (Å²) >= 11 is 0. The third kappa shape index (κ3) is 3.70. The van der Waals surface area contributed by atoms with Crippen LogP contribution in [0.1, 0.15) is 29.0 Å². The van der Waals surface area contributed by atoms with Crippen molar-refractivity contribution in [2.45, 2.75) is 32.1 Å². The van der Waals surface area contributed by atoms with E-state index in [0.29, 0.717) is 24.8 Å². The van der Waals surface area contributed by atoms with E-state index in [2.05, 4.69) is 14.8 Å². The molecule has 8 heteroatoms. The molecule has 1 aromatic carbocycles. The van der Waals surface area contributed by atoms with Gasteiger partial charge in [0, 0.05) is 24.2 Å². The quantitative estimate of drug-likeness (QED) is 0.761. The maximum atomic E-state index is 13.8. The van der Waals surface area contributed by atoms with Gasteiger partial charge < -0.3 is 4.74 Å². The second kappa shape index (κ2) is 6.41. The largest absolute Gasteiger partial charge is 0.463 e. The maximum Gasteiger partial charge on any atom is 0.377 e. The lowest BCUT2D eigenvalue weighted by atomic mass is 10.2. The van der Waals surface area contributed by atoms with Crippen molar-refractivity contribution in [3.63, 3.8) is 0 Å². The first-order valence-corrected chi connectivity index (χ1v) is 7.22. The number of methoxy groups -OCH3 is 1. The molecule has 0 radical (unpaired) electrons. The van der Waals surface area contributed by atoms with E-state index in [1.165, 1.54) is 30.3 Å². The first-order chi connectivity index (χ1) is 11.1. The average molecular weight is 322 g/mol. The van der Waals surface area contributed by atoms with E-state index in [9.17, 15) is 13.6 Å². The molecule has 23 heavy (non-hydrogen) atoms. The van der Waals surface area contributed by atoms with Crippen molar-refractivity contribution < 1.29 is 18.3 Å². The van der Waals surface area contributed by atoms with Gasteiger partial charge in [0.1, 0.15) is 18.0 Å². The topological polar surface area (TPSA) is 60.2 Å². The summed E-state index contributed by atoms with van der Waals surface area (Å²) in [5, 5.41) is 4.04. The van der Waals surface area contributed by atoms with Crippen LogP contribution in [-0.2, 0) is 18.0 Å². The highest BCUT2D eigenvalue weighted by Crippen LogP contribution is 2.29. The van der Waals surface area contributed by atoms with E-state index in [4.69, 9.17) is 0 Å². The highest BCUT2D eigenvalue weighted by Gasteiger charge is 2.30. The molecule has 6 nitrogen and oxygen atoms in total. The third-order valence-electron chi connectivity index (χ3n) is 3.68. The Morgan fingerprint density at radius 1 is 1.43 bits per heavy atom. The molecule has 0 atom stereocenters. The smallest absolute Gasteiger partial charge is 0.377 e. The summed E-state index contributed by atoms with van der Waals surface area (Å²) in [6.07, 6.45) is 3.46. The molecule has 3 rings (SSSR count). The molecule has 122 valence electrons. The predicted molar refractivity (Wildman–Crippen MR) is 76.3 cm³/mol. The molecule has 0 amide bonds. The van der Waals surface area contributed by atoms with E-state index in [1.807, 2.05) is 4.90 Å². The fraction of sp³-hybridized carbons (Fsp3) is 0.400. The summed E-state index contributed by atoms with van der Waals surface area (Å²) in [4.78, 5) is 17.3. The van der Waals surface area contributed by atoms with Crippen molar-refractivity contribution in [3.8, 4) is 0 Å². The summed E-state index contributed by atoms with van der Waals surface area (Å²) in [6.45, 7) is 0.704.